The van der Waals surface area contributed by atoms with E-state index in [9.17, 15) is 0 Å². The van der Waals surface area contributed by atoms with Gasteiger partial charge in [0.2, 0.25) is 6.71 Å². The molecule has 0 saturated heterocycles. The molecule has 0 aromatic heterocycles. The van der Waals surface area contributed by atoms with E-state index in [1.165, 1.54) is 66.1 Å². The van der Waals surface area contributed by atoms with E-state index >= 15 is 0 Å². The second-order valence-electron chi connectivity index (χ2n) is 9.98. The second kappa shape index (κ2) is 9.40. The summed E-state index contributed by atoms with van der Waals surface area (Å²) < 4.78 is 0. The van der Waals surface area contributed by atoms with Crippen LogP contribution in [0.15, 0.2) is 91.0 Å². The van der Waals surface area contributed by atoms with Gasteiger partial charge in [-0.2, -0.15) is 0 Å². The maximum atomic E-state index is 6.28. The molecule has 172 valence electrons. The first kappa shape index (κ1) is 23.5. The molecule has 0 fully saturated rings. The van der Waals surface area contributed by atoms with E-state index < -0.39 is 0 Å². The lowest BCUT2D eigenvalue weighted by Crippen LogP contribution is -2.52. The first-order valence-corrected chi connectivity index (χ1v) is 12.6. The van der Waals surface area contributed by atoms with E-state index in [1.54, 1.807) is 0 Å². The molecule has 0 aliphatic carbocycles. The molecule has 0 N–H and O–H groups in total. The highest BCUT2D eigenvalue weighted by Gasteiger charge is 2.25. The molecule has 0 radical (unpaired) electrons. The Morgan fingerprint density at radius 2 is 1.03 bits per heavy atom. The molecular formula is C33H30BCl. The Hall–Kier alpha value is -3.29. The fourth-order valence-electron chi connectivity index (χ4n) is 5.64. The van der Waals surface area contributed by atoms with Crippen molar-refractivity contribution in [3.8, 4) is 11.1 Å². The normalized spacial score (nSPS) is 11.1. The maximum Gasteiger partial charge on any atom is 0.242 e. The third-order valence-corrected chi connectivity index (χ3v) is 7.14. The van der Waals surface area contributed by atoms with Crippen molar-refractivity contribution in [2.75, 3.05) is 0 Å². The lowest BCUT2D eigenvalue weighted by molar-refractivity contribution is 1.39. The maximum absolute atomic E-state index is 6.28. The van der Waals surface area contributed by atoms with Crippen LogP contribution >= 0.6 is 11.6 Å². The summed E-state index contributed by atoms with van der Waals surface area (Å²) in [6, 6.07) is 33.6. The monoisotopic (exact) mass is 472 g/mol. The van der Waals surface area contributed by atoms with Gasteiger partial charge in [0.25, 0.3) is 0 Å². The lowest BCUT2D eigenvalue weighted by Gasteiger charge is -2.21. The van der Waals surface area contributed by atoms with Gasteiger partial charge in [-0.25, -0.2) is 0 Å². The number of hydrogen-bond donors (Lipinski definition) is 0. The Kier molecular flexibility index (Phi) is 6.30. The Bertz CT molecular complexity index is 1470. The second-order valence-corrected chi connectivity index (χ2v) is 10.4. The SMILES string of the molecule is Cc1cc(C)cc(B(c2cc(C)cc(C)c2)c2ccc(-c3ccc(Cl)cc3C)c3ccccc23)c1. The fourth-order valence-corrected chi connectivity index (χ4v) is 5.87. The fraction of sp³-hybridized carbons (Fsp3) is 0.152. The molecule has 0 aliphatic rings. The molecule has 0 atom stereocenters. The summed E-state index contributed by atoms with van der Waals surface area (Å²) in [6.07, 6.45) is 0. The molecule has 2 heteroatoms. The first-order chi connectivity index (χ1) is 16.8. The van der Waals surface area contributed by atoms with Crippen LogP contribution in [0, 0.1) is 34.6 Å². The predicted octanol–water partition coefficient (Wildman–Crippen LogP) is 7.22. The Balaban J connectivity index is 1.81. The minimum absolute atomic E-state index is 0.150. The van der Waals surface area contributed by atoms with Crippen LogP contribution in [-0.2, 0) is 0 Å². The van der Waals surface area contributed by atoms with Crippen LogP contribution in [0.4, 0.5) is 0 Å². The van der Waals surface area contributed by atoms with Crippen LogP contribution in [-0.4, -0.2) is 6.71 Å². The van der Waals surface area contributed by atoms with Crippen molar-refractivity contribution in [2.24, 2.45) is 0 Å². The zero-order valence-electron chi connectivity index (χ0n) is 21.1. The standard InChI is InChI=1S/C33H30BCl/c1-21-14-22(2)17-26(16-21)34(27-18-23(3)15-24(4)19-27)33-13-12-31(30-8-6-7-9-32(30)33)29-11-10-28(35)20-25(29)5/h6-20H,1-5H3. The van der Waals surface area contributed by atoms with Crippen molar-refractivity contribution >= 4 is 45.5 Å². The Morgan fingerprint density at radius 1 is 0.514 bits per heavy atom. The Labute approximate surface area is 214 Å². The third-order valence-electron chi connectivity index (χ3n) is 6.90. The highest BCUT2D eigenvalue weighted by molar-refractivity contribution is 6.97. The minimum atomic E-state index is 0.150. The van der Waals surface area contributed by atoms with Gasteiger partial charge in [0, 0.05) is 5.02 Å². The van der Waals surface area contributed by atoms with E-state index in [-0.39, 0.29) is 6.71 Å². The zero-order valence-corrected chi connectivity index (χ0v) is 21.9. The minimum Gasteiger partial charge on any atom is -0.0843 e. The molecule has 0 aliphatic heterocycles. The molecule has 0 heterocycles. The molecule has 0 saturated carbocycles. The largest absolute Gasteiger partial charge is 0.242 e. The highest BCUT2D eigenvalue weighted by atomic mass is 35.5. The topological polar surface area (TPSA) is 0 Å². The van der Waals surface area contributed by atoms with Gasteiger partial charge < -0.3 is 0 Å². The van der Waals surface area contributed by atoms with E-state index in [0.29, 0.717) is 0 Å². The third kappa shape index (κ3) is 4.66. The summed E-state index contributed by atoms with van der Waals surface area (Å²) in [6.45, 7) is 11.1. The van der Waals surface area contributed by atoms with Crippen LogP contribution in [0.25, 0.3) is 21.9 Å². The molecule has 0 bridgehead atoms. The summed E-state index contributed by atoms with van der Waals surface area (Å²) in [5.41, 5.74) is 12.9. The van der Waals surface area contributed by atoms with Gasteiger partial charge in [0.05, 0.1) is 0 Å². The van der Waals surface area contributed by atoms with Crippen molar-refractivity contribution in [1.29, 1.82) is 0 Å². The molecule has 35 heavy (non-hydrogen) atoms. The summed E-state index contributed by atoms with van der Waals surface area (Å²) in [4.78, 5) is 0. The van der Waals surface area contributed by atoms with Gasteiger partial charge in [-0.05, 0) is 74.2 Å². The Morgan fingerprint density at radius 3 is 1.57 bits per heavy atom. The van der Waals surface area contributed by atoms with Crippen molar-refractivity contribution in [2.45, 2.75) is 34.6 Å². The van der Waals surface area contributed by atoms with Gasteiger partial charge in [-0.3, -0.25) is 0 Å². The number of halogens is 1. The number of benzene rings is 5. The van der Waals surface area contributed by atoms with E-state index in [4.69, 9.17) is 11.6 Å². The van der Waals surface area contributed by atoms with E-state index in [0.717, 1.165) is 5.02 Å². The van der Waals surface area contributed by atoms with Crippen LogP contribution in [0.3, 0.4) is 0 Å². The summed E-state index contributed by atoms with van der Waals surface area (Å²) in [5, 5.41) is 3.34. The number of fused-ring (bicyclic) bond motifs is 1. The average Bonchev–Trinajstić information content (AvgIpc) is 2.79. The number of aryl methyl sites for hydroxylation is 5. The van der Waals surface area contributed by atoms with Crippen molar-refractivity contribution < 1.29 is 0 Å². The van der Waals surface area contributed by atoms with Gasteiger partial charge in [0.1, 0.15) is 0 Å². The van der Waals surface area contributed by atoms with Crippen molar-refractivity contribution in [3.63, 3.8) is 0 Å². The van der Waals surface area contributed by atoms with Gasteiger partial charge in [-0.1, -0.05) is 129 Å². The molecule has 5 aromatic carbocycles. The van der Waals surface area contributed by atoms with Crippen LogP contribution < -0.4 is 16.4 Å². The first-order valence-electron chi connectivity index (χ1n) is 12.2. The highest BCUT2D eigenvalue weighted by Crippen LogP contribution is 2.31. The molecule has 0 unspecified atom stereocenters. The molecule has 0 amide bonds. The van der Waals surface area contributed by atoms with Crippen molar-refractivity contribution in [3.05, 3.63) is 124 Å². The smallest absolute Gasteiger partial charge is 0.0843 e. The molecular weight excluding hydrogens is 443 g/mol. The molecule has 5 aromatic rings. The van der Waals surface area contributed by atoms with Crippen LogP contribution in [0.5, 0.6) is 0 Å². The molecule has 5 rings (SSSR count). The zero-order chi connectivity index (χ0) is 24.7. The van der Waals surface area contributed by atoms with Gasteiger partial charge in [-0.15, -0.1) is 0 Å². The van der Waals surface area contributed by atoms with Gasteiger partial charge >= 0.3 is 0 Å². The molecule has 0 spiro atoms. The van der Waals surface area contributed by atoms with Gasteiger partial charge in [0.15, 0.2) is 0 Å². The average molecular weight is 473 g/mol. The quantitative estimate of drug-likeness (QED) is 0.242. The predicted molar refractivity (Wildman–Crippen MR) is 156 cm³/mol. The lowest BCUT2D eigenvalue weighted by atomic mass is 9.36. The van der Waals surface area contributed by atoms with Crippen LogP contribution in [0.2, 0.25) is 5.02 Å². The molecule has 0 nitrogen and oxygen atoms in total. The van der Waals surface area contributed by atoms with Crippen LogP contribution in [0.1, 0.15) is 27.8 Å². The number of hydrogen-bond acceptors (Lipinski definition) is 0. The van der Waals surface area contributed by atoms with E-state index in [1.807, 2.05) is 12.1 Å². The summed E-state index contributed by atoms with van der Waals surface area (Å²) in [5.74, 6) is 0. The number of rotatable bonds is 4. The van der Waals surface area contributed by atoms with Crippen molar-refractivity contribution in [1.82, 2.24) is 0 Å². The van der Waals surface area contributed by atoms with E-state index in [2.05, 4.69) is 113 Å². The summed E-state index contributed by atoms with van der Waals surface area (Å²) in [7, 11) is 0. The summed E-state index contributed by atoms with van der Waals surface area (Å²) >= 11 is 6.28.